The molecule has 0 radical (unpaired) electrons. The summed E-state index contributed by atoms with van der Waals surface area (Å²) < 4.78 is 38.6. The van der Waals surface area contributed by atoms with Crippen molar-refractivity contribution in [2.75, 3.05) is 51.4 Å². The van der Waals surface area contributed by atoms with E-state index < -0.39 is 15.4 Å². The molecule has 2 aliphatic heterocycles. The molecule has 1 saturated heterocycles. The average Bonchev–Trinajstić information content (AvgIpc) is 3.64. The number of nitrogens with zero attached hydrogens (tertiary/aromatic N) is 3. The molecule has 3 aliphatic rings. The maximum Gasteiger partial charge on any atom is 0.243 e. The number of ether oxygens (including phenoxy) is 2. The molecular formula is C28H30N4O6S. The molecule has 1 amide bonds. The van der Waals surface area contributed by atoms with Crippen LogP contribution in [0, 0.1) is 0 Å². The zero-order valence-corrected chi connectivity index (χ0v) is 22.2. The van der Waals surface area contributed by atoms with Crippen LogP contribution < -0.4 is 14.8 Å². The largest absolute Gasteiger partial charge is 0.454 e. The van der Waals surface area contributed by atoms with Crippen molar-refractivity contribution in [1.29, 1.82) is 0 Å². The fourth-order valence-corrected chi connectivity index (χ4v) is 6.57. The first-order chi connectivity index (χ1) is 18.9. The van der Waals surface area contributed by atoms with Gasteiger partial charge >= 0.3 is 0 Å². The van der Waals surface area contributed by atoms with E-state index in [1.165, 1.54) is 4.31 Å². The maximum absolute atomic E-state index is 13.3. The lowest BCUT2D eigenvalue weighted by atomic mass is 9.94. The normalized spacial score (nSPS) is 18.6. The molecule has 1 aromatic heterocycles. The van der Waals surface area contributed by atoms with Crippen LogP contribution >= 0.6 is 0 Å². The van der Waals surface area contributed by atoms with E-state index in [1.54, 1.807) is 30.3 Å². The van der Waals surface area contributed by atoms with Crippen molar-refractivity contribution < 1.29 is 27.8 Å². The summed E-state index contributed by atoms with van der Waals surface area (Å²) in [6.45, 7) is 2.77. The number of carbonyl (C=O) groups is 1. The lowest BCUT2D eigenvalue weighted by molar-refractivity contribution is -0.118. The lowest BCUT2D eigenvalue weighted by Crippen LogP contribution is -2.49. The quantitative estimate of drug-likeness (QED) is 0.439. The molecule has 1 aliphatic carbocycles. The van der Waals surface area contributed by atoms with Gasteiger partial charge in [-0.05, 0) is 54.8 Å². The number of hydrogen-bond acceptors (Lipinski definition) is 8. The number of hydrogen-bond donors (Lipinski definition) is 2. The van der Waals surface area contributed by atoms with Crippen molar-refractivity contribution in [3.05, 3.63) is 66.2 Å². The molecule has 6 rings (SSSR count). The number of nitrogens with one attached hydrogen (secondary N) is 1. The van der Waals surface area contributed by atoms with Gasteiger partial charge in [-0.1, -0.05) is 24.3 Å². The molecule has 2 aromatic carbocycles. The van der Waals surface area contributed by atoms with Gasteiger partial charge in [0, 0.05) is 38.3 Å². The minimum atomic E-state index is -3.61. The van der Waals surface area contributed by atoms with Crippen molar-refractivity contribution in [3.8, 4) is 22.8 Å². The van der Waals surface area contributed by atoms with E-state index in [0.29, 0.717) is 55.7 Å². The molecule has 0 atom stereocenters. The van der Waals surface area contributed by atoms with E-state index in [0.717, 1.165) is 24.0 Å². The highest BCUT2D eigenvalue weighted by molar-refractivity contribution is 7.89. The minimum absolute atomic E-state index is 0.0634. The molecule has 39 heavy (non-hydrogen) atoms. The summed E-state index contributed by atoms with van der Waals surface area (Å²) in [5, 5.41) is 12.1. The molecule has 0 spiro atoms. The number of piperazine rings is 1. The first kappa shape index (κ1) is 25.8. The van der Waals surface area contributed by atoms with Gasteiger partial charge in [0.2, 0.25) is 22.7 Å². The van der Waals surface area contributed by atoms with Gasteiger partial charge in [-0.25, -0.2) is 13.4 Å². The van der Waals surface area contributed by atoms with Gasteiger partial charge in [0.25, 0.3) is 0 Å². The van der Waals surface area contributed by atoms with Crippen molar-refractivity contribution in [1.82, 2.24) is 14.2 Å². The van der Waals surface area contributed by atoms with Gasteiger partial charge < -0.3 is 19.9 Å². The Morgan fingerprint density at radius 1 is 0.974 bits per heavy atom. The Labute approximate surface area is 227 Å². The Balaban J connectivity index is 1.14. The molecule has 0 bridgehead atoms. The fraction of sp³-hybridized carbons (Fsp3) is 0.357. The molecule has 1 saturated carbocycles. The molecule has 204 valence electrons. The monoisotopic (exact) mass is 550 g/mol. The second-order valence-electron chi connectivity index (χ2n) is 10.0. The average molecular weight is 551 g/mol. The topological polar surface area (TPSA) is 121 Å². The Morgan fingerprint density at radius 3 is 2.44 bits per heavy atom. The Kier molecular flexibility index (Phi) is 6.76. The first-order valence-corrected chi connectivity index (χ1v) is 14.5. The first-order valence-electron chi connectivity index (χ1n) is 13.0. The predicted molar refractivity (Wildman–Crippen MR) is 144 cm³/mol. The van der Waals surface area contributed by atoms with Crippen LogP contribution in [0.4, 0.5) is 5.82 Å². The third kappa shape index (κ3) is 4.98. The smallest absolute Gasteiger partial charge is 0.243 e. The van der Waals surface area contributed by atoms with Crippen LogP contribution in [-0.4, -0.2) is 79.7 Å². The van der Waals surface area contributed by atoms with E-state index in [1.807, 2.05) is 35.2 Å². The van der Waals surface area contributed by atoms with Crippen LogP contribution in [0.3, 0.4) is 0 Å². The van der Waals surface area contributed by atoms with Crippen LogP contribution in [0.1, 0.15) is 18.4 Å². The third-order valence-corrected chi connectivity index (χ3v) is 9.55. The maximum atomic E-state index is 13.3. The highest BCUT2D eigenvalue weighted by atomic mass is 32.2. The van der Waals surface area contributed by atoms with E-state index in [2.05, 4.69) is 10.3 Å². The van der Waals surface area contributed by atoms with E-state index >= 15 is 0 Å². The summed E-state index contributed by atoms with van der Waals surface area (Å²) in [5.74, 6) is 1.65. The summed E-state index contributed by atoms with van der Waals surface area (Å²) in [7, 11) is -3.61. The second kappa shape index (κ2) is 10.2. The summed E-state index contributed by atoms with van der Waals surface area (Å²) in [4.78, 5) is 20.2. The van der Waals surface area contributed by atoms with E-state index in [-0.39, 0.29) is 24.2 Å². The Hall–Kier alpha value is -3.51. The van der Waals surface area contributed by atoms with Crippen LogP contribution in [-0.2, 0) is 20.2 Å². The number of rotatable bonds is 8. The molecule has 10 nitrogen and oxygen atoms in total. The van der Waals surface area contributed by atoms with Crippen molar-refractivity contribution in [2.45, 2.75) is 23.2 Å². The number of anilines is 1. The van der Waals surface area contributed by atoms with E-state index in [9.17, 15) is 13.2 Å². The van der Waals surface area contributed by atoms with E-state index in [4.69, 9.17) is 14.6 Å². The zero-order valence-electron chi connectivity index (χ0n) is 21.4. The van der Waals surface area contributed by atoms with Crippen molar-refractivity contribution in [3.63, 3.8) is 0 Å². The number of sulfonamides is 1. The van der Waals surface area contributed by atoms with Crippen molar-refractivity contribution >= 4 is 21.7 Å². The van der Waals surface area contributed by atoms with Gasteiger partial charge in [0.1, 0.15) is 5.82 Å². The number of amides is 1. The highest BCUT2D eigenvalue weighted by Crippen LogP contribution is 2.51. The van der Waals surface area contributed by atoms with Gasteiger partial charge in [-0.3, -0.25) is 9.69 Å². The highest BCUT2D eigenvalue weighted by Gasteiger charge is 2.51. The fourth-order valence-electron chi connectivity index (χ4n) is 5.15. The third-order valence-electron chi connectivity index (χ3n) is 7.64. The number of pyridine rings is 1. The molecular weight excluding hydrogens is 520 g/mol. The second-order valence-corrected chi connectivity index (χ2v) is 11.9. The molecule has 11 heteroatoms. The van der Waals surface area contributed by atoms with Gasteiger partial charge in [-0.2, -0.15) is 4.31 Å². The predicted octanol–water partition coefficient (Wildman–Crippen LogP) is 2.45. The zero-order chi connectivity index (χ0) is 27.0. The SMILES string of the molecule is O=C(Nc1cccc(-c2ccc(S(=O)(=O)N3CCN(CCO)CC3)cc2)n1)C1(c2ccc3c(c2)OCO3)CC1. The molecule has 2 N–H and O–H groups in total. The summed E-state index contributed by atoms with van der Waals surface area (Å²) in [6, 6.07) is 17.7. The lowest BCUT2D eigenvalue weighted by Gasteiger charge is -2.33. The van der Waals surface area contributed by atoms with Gasteiger partial charge in [0.15, 0.2) is 11.5 Å². The molecule has 0 unspecified atom stereocenters. The number of β-amino-alcohol motifs (C(OH)–C–C–N with tert-alkyl or cyclic N) is 1. The van der Waals surface area contributed by atoms with Crippen LogP contribution in [0.2, 0.25) is 0 Å². The van der Waals surface area contributed by atoms with Gasteiger partial charge in [0.05, 0.1) is 22.6 Å². The van der Waals surface area contributed by atoms with Crippen molar-refractivity contribution in [2.24, 2.45) is 0 Å². The van der Waals surface area contributed by atoms with Crippen LogP contribution in [0.15, 0.2) is 65.6 Å². The number of aliphatic hydroxyl groups is 1. The number of benzene rings is 2. The Morgan fingerprint density at radius 2 is 1.72 bits per heavy atom. The molecule has 3 aromatic rings. The summed E-state index contributed by atoms with van der Waals surface area (Å²) in [6.07, 6.45) is 1.48. The number of fused-ring (bicyclic) bond motifs is 1. The Bertz CT molecular complexity index is 1480. The van der Waals surface area contributed by atoms with Crippen LogP contribution in [0.5, 0.6) is 11.5 Å². The number of carbonyl (C=O) groups excluding carboxylic acids is 1. The molecule has 3 heterocycles. The number of aromatic nitrogens is 1. The standard InChI is InChI=1S/C28H30N4O6S/c33-17-16-31-12-14-32(15-13-31)39(35,36)22-7-4-20(5-8-22)23-2-1-3-26(29-23)30-27(34)28(10-11-28)21-6-9-24-25(18-21)38-19-37-24/h1-9,18,33H,10-17,19H2,(H,29,30,34). The molecule has 2 fully saturated rings. The summed E-state index contributed by atoms with van der Waals surface area (Å²) >= 11 is 0. The van der Waals surface area contributed by atoms with Crippen LogP contribution in [0.25, 0.3) is 11.3 Å². The summed E-state index contributed by atoms with van der Waals surface area (Å²) in [5.41, 5.74) is 1.65. The number of aliphatic hydroxyl groups excluding tert-OH is 1. The van der Waals surface area contributed by atoms with Gasteiger partial charge in [-0.15, -0.1) is 0 Å². The minimum Gasteiger partial charge on any atom is -0.454 e.